The van der Waals surface area contributed by atoms with Crippen LogP contribution in [0.5, 0.6) is 5.75 Å². The molecular weight excluding hydrogens is 294 g/mol. The molecule has 0 fully saturated rings. The average Bonchev–Trinajstić information content (AvgIpc) is 2.58. The summed E-state index contributed by atoms with van der Waals surface area (Å²) in [5, 5.41) is 5.53. The van der Waals surface area contributed by atoms with Crippen LogP contribution in [0.3, 0.4) is 0 Å². The van der Waals surface area contributed by atoms with Crippen LogP contribution in [-0.4, -0.2) is 28.0 Å². The second-order valence-electron chi connectivity index (χ2n) is 4.26. The Labute approximate surface area is 136 Å². The minimum atomic E-state index is 0.00663. The van der Waals surface area contributed by atoms with Crippen molar-refractivity contribution in [2.75, 3.05) is 17.2 Å². The zero-order valence-corrected chi connectivity index (χ0v) is 13.9. The van der Waals surface area contributed by atoms with Gasteiger partial charge in [-0.25, -0.2) is 9.97 Å². The molecule has 7 heteroatoms. The van der Waals surface area contributed by atoms with Gasteiger partial charge in [-0.3, -0.25) is 10.1 Å². The molecule has 23 heavy (non-hydrogen) atoms. The standard InChI is InChI=1S/C14H17N5O2.C2H6/c1-3-21-12-6-4-11(5-7-12)10(2)18-14-16-8-15-13(19-14)17-9-20;1-2/h4-10H,3H2,1-2H3,(H2,15,16,17,18,19,20);1-2H3. The van der Waals surface area contributed by atoms with Gasteiger partial charge < -0.3 is 10.1 Å². The third kappa shape index (κ3) is 5.90. The van der Waals surface area contributed by atoms with Crippen LogP contribution in [-0.2, 0) is 4.79 Å². The topological polar surface area (TPSA) is 89.0 Å². The van der Waals surface area contributed by atoms with Gasteiger partial charge in [0.25, 0.3) is 0 Å². The van der Waals surface area contributed by atoms with E-state index in [0.29, 0.717) is 19.0 Å². The maximum Gasteiger partial charge on any atom is 0.233 e. The molecule has 2 aromatic rings. The zero-order valence-electron chi connectivity index (χ0n) is 13.9. The molecule has 1 atom stereocenters. The molecule has 0 saturated heterocycles. The highest BCUT2D eigenvalue weighted by Gasteiger charge is 2.08. The quantitative estimate of drug-likeness (QED) is 0.763. The molecule has 1 heterocycles. The van der Waals surface area contributed by atoms with E-state index in [4.69, 9.17) is 4.74 Å². The number of anilines is 2. The SMILES string of the molecule is CC.CCOc1ccc(C(C)Nc2ncnc(NC=O)n2)cc1. The molecule has 124 valence electrons. The Balaban J connectivity index is 0.00000127. The molecule has 1 aromatic heterocycles. The minimum Gasteiger partial charge on any atom is -0.494 e. The second kappa shape index (κ2) is 10.1. The van der Waals surface area contributed by atoms with Gasteiger partial charge in [0.1, 0.15) is 12.1 Å². The highest BCUT2D eigenvalue weighted by molar-refractivity contribution is 5.66. The van der Waals surface area contributed by atoms with Gasteiger partial charge in [-0.2, -0.15) is 4.98 Å². The van der Waals surface area contributed by atoms with Crippen molar-refractivity contribution >= 4 is 18.3 Å². The normalized spacial score (nSPS) is 10.8. The van der Waals surface area contributed by atoms with Crippen molar-refractivity contribution in [3.05, 3.63) is 36.2 Å². The van der Waals surface area contributed by atoms with Gasteiger partial charge in [-0.1, -0.05) is 26.0 Å². The van der Waals surface area contributed by atoms with Crippen molar-refractivity contribution in [3.8, 4) is 5.75 Å². The highest BCUT2D eigenvalue weighted by atomic mass is 16.5. The predicted molar refractivity (Wildman–Crippen MR) is 90.5 cm³/mol. The number of nitrogens with zero attached hydrogens (tertiary/aromatic N) is 3. The number of ether oxygens (including phenoxy) is 1. The summed E-state index contributed by atoms with van der Waals surface area (Å²) in [6.45, 7) is 8.58. The van der Waals surface area contributed by atoms with E-state index in [9.17, 15) is 4.79 Å². The number of carbonyl (C=O) groups excluding carboxylic acids is 1. The van der Waals surface area contributed by atoms with Gasteiger partial charge in [0, 0.05) is 0 Å². The van der Waals surface area contributed by atoms with Crippen molar-refractivity contribution < 1.29 is 9.53 Å². The third-order valence-corrected chi connectivity index (χ3v) is 2.80. The van der Waals surface area contributed by atoms with Crippen LogP contribution in [0.25, 0.3) is 0 Å². The molecule has 0 aliphatic rings. The van der Waals surface area contributed by atoms with Crippen LogP contribution in [0.1, 0.15) is 39.3 Å². The number of aromatic nitrogens is 3. The maximum atomic E-state index is 10.4. The second-order valence-corrected chi connectivity index (χ2v) is 4.26. The van der Waals surface area contributed by atoms with Gasteiger partial charge in [-0.05, 0) is 31.5 Å². The maximum absolute atomic E-state index is 10.4. The van der Waals surface area contributed by atoms with Crippen LogP contribution in [0.4, 0.5) is 11.9 Å². The summed E-state index contributed by atoms with van der Waals surface area (Å²) in [5.74, 6) is 1.45. The van der Waals surface area contributed by atoms with Crippen molar-refractivity contribution in [2.24, 2.45) is 0 Å². The molecule has 2 rings (SSSR count). The number of nitrogens with one attached hydrogen (secondary N) is 2. The summed E-state index contributed by atoms with van der Waals surface area (Å²) in [4.78, 5) is 22.3. The lowest BCUT2D eigenvalue weighted by atomic mass is 10.1. The minimum absolute atomic E-state index is 0.00663. The molecule has 1 amide bonds. The van der Waals surface area contributed by atoms with Gasteiger partial charge >= 0.3 is 0 Å². The summed E-state index contributed by atoms with van der Waals surface area (Å²) in [6.07, 6.45) is 1.86. The first kappa shape index (κ1) is 18.3. The van der Waals surface area contributed by atoms with Crippen molar-refractivity contribution in [1.29, 1.82) is 0 Å². The van der Waals surface area contributed by atoms with Gasteiger partial charge in [-0.15, -0.1) is 0 Å². The number of hydrogen-bond donors (Lipinski definition) is 2. The van der Waals surface area contributed by atoms with Crippen LogP contribution in [0.2, 0.25) is 0 Å². The fourth-order valence-electron chi connectivity index (χ4n) is 1.78. The average molecular weight is 317 g/mol. The molecule has 1 unspecified atom stereocenters. The fourth-order valence-corrected chi connectivity index (χ4v) is 1.78. The summed E-state index contributed by atoms with van der Waals surface area (Å²) >= 11 is 0. The summed E-state index contributed by atoms with van der Waals surface area (Å²) in [5.41, 5.74) is 1.07. The number of benzene rings is 1. The summed E-state index contributed by atoms with van der Waals surface area (Å²) < 4.78 is 5.41. The van der Waals surface area contributed by atoms with E-state index in [0.717, 1.165) is 11.3 Å². The Morgan fingerprint density at radius 1 is 1.17 bits per heavy atom. The smallest absolute Gasteiger partial charge is 0.233 e. The molecule has 2 N–H and O–H groups in total. The molecule has 0 aliphatic carbocycles. The molecule has 0 bridgehead atoms. The molecule has 1 aromatic carbocycles. The number of hydrogen-bond acceptors (Lipinski definition) is 6. The Morgan fingerprint density at radius 3 is 2.43 bits per heavy atom. The summed E-state index contributed by atoms with van der Waals surface area (Å²) in [7, 11) is 0. The molecule has 0 saturated carbocycles. The van der Waals surface area contributed by atoms with E-state index < -0.39 is 0 Å². The van der Waals surface area contributed by atoms with Crippen LogP contribution < -0.4 is 15.4 Å². The van der Waals surface area contributed by atoms with Crippen LogP contribution in [0.15, 0.2) is 30.6 Å². The Kier molecular flexibility index (Phi) is 8.06. The van der Waals surface area contributed by atoms with E-state index in [1.54, 1.807) is 0 Å². The predicted octanol–water partition coefficient (Wildman–Crippen LogP) is 3.04. The lowest BCUT2D eigenvalue weighted by Gasteiger charge is -2.14. The Morgan fingerprint density at radius 2 is 1.83 bits per heavy atom. The highest BCUT2D eigenvalue weighted by Crippen LogP contribution is 2.20. The van der Waals surface area contributed by atoms with Gasteiger partial charge in [0.05, 0.1) is 12.6 Å². The first-order chi connectivity index (χ1) is 11.2. The van der Waals surface area contributed by atoms with Crippen molar-refractivity contribution in [1.82, 2.24) is 15.0 Å². The van der Waals surface area contributed by atoms with E-state index in [1.165, 1.54) is 6.33 Å². The molecule has 0 spiro atoms. The van der Waals surface area contributed by atoms with E-state index >= 15 is 0 Å². The first-order valence-electron chi connectivity index (χ1n) is 7.61. The fraction of sp³-hybridized carbons (Fsp3) is 0.375. The Hall–Kier alpha value is -2.70. The summed E-state index contributed by atoms with van der Waals surface area (Å²) in [6, 6.07) is 7.81. The van der Waals surface area contributed by atoms with Gasteiger partial charge in [0.15, 0.2) is 0 Å². The van der Waals surface area contributed by atoms with Crippen LogP contribution in [0, 0.1) is 0 Å². The van der Waals surface area contributed by atoms with Crippen molar-refractivity contribution in [3.63, 3.8) is 0 Å². The molecule has 0 aliphatic heterocycles. The van der Waals surface area contributed by atoms with E-state index in [-0.39, 0.29) is 12.0 Å². The number of rotatable bonds is 7. The monoisotopic (exact) mass is 317 g/mol. The Bertz CT molecular complexity index is 589. The lowest BCUT2D eigenvalue weighted by Crippen LogP contribution is -2.11. The zero-order chi connectivity index (χ0) is 17.1. The van der Waals surface area contributed by atoms with Gasteiger partial charge in [0.2, 0.25) is 18.3 Å². The number of amides is 1. The molecule has 7 nitrogen and oxygen atoms in total. The largest absolute Gasteiger partial charge is 0.494 e. The lowest BCUT2D eigenvalue weighted by molar-refractivity contribution is -0.105. The van der Waals surface area contributed by atoms with E-state index in [2.05, 4.69) is 25.6 Å². The number of carbonyl (C=O) groups is 1. The molecular formula is C16H23N5O2. The first-order valence-corrected chi connectivity index (χ1v) is 7.61. The third-order valence-electron chi connectivity index (χ3n) is 2.80. The van der Waals surface area contributed by atoms with Crippen LogP contribution >= 0.6 is 0 Å². The molecule has 0 radical (unpaired) electrons. The van der Waals surface area contributed by atoms with Crippen molar-refractivity contribution in [2.45, 2.75) is 33.7 Å². The van der Waals surface area contributed by atoms with E-state index in [1.807, 2.05) is 52.0 Å².